The Kier molecular flexibility index (Phi) is 3.32. The predicted octanol–water partition coefficient (Wildman–Crippen LogP) is 4.53. The molecule has 19 heavy (non-hydrogen) atoms. The molecule has 2 aromatic carbocycles. The second-order valence-electron chi connectivity index (χ2n) is 4.31. The van der Waals surface area contributed by atoms with Gasteiger partial charge >= 0.3 is 0 Å². The second-order valence-corrected chi connectivity index (χ2v) is 4.31. The summed E-state index contributed by atoms with van der Waals surface area (Å²) in [5, 5.41) is 0. The van der Waals surface area contributed by atoms with Crippen LogP contribution in [0.25, 0.3) is 11.1 Å². The zero-order valence-electron chi connectivity index (χ0n) is 10.5. The molecule has 0 aliphatic heterocycles. The summed E-state index contributed by atoms with van der Waals surface area (Å²) in [6, 6.07) is 20.3. The van der Waals surface area contributed by atoms with Crippen LogP contribution < -0.4 is 4.74 Å². The van der Waals surface area contributed by atoms with Crippen molar-refractivity contribution >= 4 is 0 Å². The van der Waals surface area contributed by atoms with Gasteiger partial charge in [0.05, 0.1) is 12.5 Å². The average molecular weight is 250 g/mol. The van der Waals surface area contributed by atoms with Crippen molar-refractivity contribution in [3.8, 4) is 16.9 Å². The first-order valence-electron chi connectivity index (χ1n) is 6.21. The molecular weight excluding hydrogens is 236 g/mol. The molecule has 3 rings (SSSR count). The summed E-state index contributed by atoms with van der Waals surface area (Å²) >= 11 is 0. The van der Waals surface area contributed by atoms with Crippen LogP contribution in [-0.4, -0.2) is 0 Å². The van der Waals surface area contributed by atoms with E-state index >= 15 is 0 Å². The zero-order valence-corrected chi connectivity index (χ0v) is 10.5. The van der Waals surface area contributed by atoms with E-state index in [1.165, 1.54) is 11.1 Å². The fraction of sp³-hybridized carbons (Fsp3) is 0.0588. The van der Waals surface area contributed by atoms with Crippen molar-refractivity contribution in [2.75, 3.05) is 0 Å². The van der Waals surface area contributed by atoms with Crippen LogP contribution in [0.3, 0.4) is 0 Å². The fourth-order valence-corrected chi connectivity index (χ4v) is 1.92. The number of rotatable bonds is 4. The van der Waals surface area contributed by atoms with E-state index in [0.717, 1.165) is 11.3 Å². The molecule has 0 spiro atoms. The molecule has 0 radical (unpaired) electrons. The van der Waals surface area contributed by atoms with E-state index in [2.05, 4.69) is 24.3 Å². The third-order valence-corrected chi connectivity index (χ3v) is 2.95. The number of ether oxygens (including phenoxy) is 1. The molecule has 0 saturated carbocycles. The van der Waals surface area contributed by atoms with Gasteiger partial charge in [0, 0.05) is 5.56 Å². The lowest BCUT2D eigenvalue weighted by molar-refractivity contribution is 0.305. The molecular formula is C17H14O2. The van der Waals surface area contributed by atoms with Gasteiger partial charge < -0.3 is 9.15 Å². The molecule has 0 bridgehead atoms. The maximum Gasteiger partial charge on any atom is 0.119 e. The van der Waals surface area contributed by atoms with Crippen LogP contribution in [0.4, 0.5) is 0 Å². The monoisotopic (exact) mass is 250 g/mol. The van der Waals surface area contributed by atoms with E-state index in [1.807, 2.05) is 36.4 Å². The topological polar surface area (TPSA) is 22.4 Å². The molecule has 0 unspecified atom stereocenters. The number of hydrogen-bond acceptors (Lipinski definition) is 2. The van der Waals surface area contributed by atoms with Gasteiger partial charge in [-0.1, -0.05) is 42.5 Å². The van der Waals surface area contributed by atoms with Crippen LogP contribution in [-0.2, 0) is 6.61 Å². The maximum atomic E-state index is 5.68. The summed E-state index contributed by atoms with van der Waals surface area (Å²) in [6.07, 6.45) is 3.34. The molecule has 2 nitrogen and oxygen atoms in total. The lowest BCUT2D eigenvalue weighted by Gasteiger charge is -2.06. The molecule has 0 saturated heterocycles. The van der Waals surface area contributed by atoms with E-state index in [4.69, 9.17) is 9.15 Å². The highest BCUT2D eigenvalue weighted by molar-refractivity contribution is 5.63. The Morgan fingerprint density at radius 1 is 0.789 bits per heavy atom. The quantitative estimate of drug-likeness (QED) is 0.679. The number of hydrogen-bond donors (Lipinski definition) is 0. The summed E-state index contributed by atoms with van der Waals surface area (Å²) in [6.45, 7) is 0.529. The van der Waals surface area contributed by atoms with Crippen molar-refractivity contribution in [3.63, 3.8) is 0 Å². The molecule has 0 fully saturated rings. The molecule has 2 heteroatoms. The predicted molar refractivity (Wildman–Crippen MR) is 74.9 cm³/mol. The van der Waals surface area contributed by atoms with Crippen molar-refractivity contribution < 1.29 is 9.15 Å². The minimum absolute atomic E-state index is 0.529. The minimum Gasteiger partial charge on any atom is -0.489 e. The van der Waals surface area contributed by atoms with Crippen molar-refractivity contribution in [2.45, 2.75) is 6.61 Å². The maximum absolute atomic E-state index is 5.68. The van der Waals surface area contributed by atoms with Crippen LogP contribution in [0.5, 0.6) is 5.75 Å². The first-order valence-corrected chi connectivity index (χ1v) is 6.21. The molecule has 0 aliphatic carbocycles. The van der Waals surface area contributed by atoms with Crippen molar-refractivity contribution in [2.24, 2.45) is 0 Å². The van der Waals surface area contributed by atoms with Gasteiger partial charge in [-0.2, -0.15) is 0 Å². The van der Waals surface area contributed by atoms with Crippen LogP contribution in [0.2, 0.25) is 0 Å². The molecule has 94 valence electrons. The normalized spacial score (nSPS) is 10.3. The van der Waals surface area contributed by atoms with Gasteiger partial charge in [-0.25, -0.2) is 0 Å². The lowest BCUT2D eigenvalue weighted by Crippen LogP contribution is -1.93. The van der Waals surface area contributed by atoms with Gasteiger partial charge in [-0.05, 0) is 29.3 Å². The summed E-state index contributed by atoms with van der Waals surface area (Å²) in [5.41, 5.74) is 3.44. The smallest absolute Gasteiger partial charge is 0.119 e. The Bertz CT molecular complexity index is 610. The number of benzene rings is 2. The van der Waals surface area contributed by atoms with Crippen molar-refractivity contribution in [1.82, 2.24) is 0 Å². The van der Waals surface area contributed by atoms with E-state index in [1.54, 1.807) is 12.5 Å². The summed E-state index contributed by atoms with van der Waals surface area (Å²) in [5.74, 6) is 0.862. The Labute approximate surface area is 112 Å². The molecule has 3 aromatic rings. The summed E-state index contributed by atoms with van der Waals surface area (Å²) in [4.78, 5) is 0. The Balaban J connectivity index is 1.69. The molecule has 1 aromatic heterocycles. The standard InChI is InChI=1S/C17H14O2/c1-2-4-15(5-3-1)16-6-8-17(9-7-16)19-13-14-10-11-18-12-14/h1-12H,13H2. The van der Waals surface area contributed by atoms with Crippen LogP contribution in [0, 0.1) is 0 Å². The van der Waals surface area contributed by atoms with Crippen LogP contribution in [0.1, 0.15) is 5.56 Å². The van der Waals surface area contributed by atoms with Crippen LogP contribution >= 0.6 is 0 Å². The summed E-state index contributed by atoms with van der Waals surface area (Å²) < 4.78 is 10.7. The van der Waals surface area contributed by atoms with Gasteiger partial charge in [0.1, 0.15) is 12.4 Å². The third kappa shape index (κ3) is 2.86. The zero-order chi connectivity index (χ0) is 12.9. The van der Waals surface area contributed by atoms with E-state index in [9.17, 15) is 0 Å². The van der Waals surface area contributed by atoms with Crippen molar-refractivity contribution in [3.05, 3.63) is 78.8 Å². The number of furan rings is 1. The average Bonchev–Trinajstić information content (AvgIpc) is 3.00. The Morgan fingerprint density at radius 3 is 2.21 bits per heavy atom. The van der Waals surface area contributed by atoms with Crippen molar-refractivity contribution in [1.29, 1.82) is 0 Å². The fourth-order valence-electron chi connectivity index (χ4n) is 1.92. The van der Waals surface area contributed by atoms with E-state index in [-0.39, 0.29) is 0 Å². The third-order valence-electron chi connectivity index (χ3n) is 2.95. The second kappa shape index (κ2) is 5.44. The molecule has 0 N–H and O–H groups in total. The molecule has 1 heterocycles. The molecule has 0 atom stereocenters. The van der Waals surface area contributed by atoms with Gasteiger partial charge in [0.2, 0.25) is 0 Å². The highest BCUT2D eigenvalue weighted by Crippen LogP contribution is 2.22. The Morgan fingerprint density at radius 2 is 1.53 bits per heavy atom. The first-order chi connectivity index (χ1) is 9.42. The first kappa shape index (κ1) is 11.6. The molecule has 0 aliphatic rings. The van der Waals surface area contributed by atoms with Gasteiger partial charge in [0.25, 0.3) is 0 Å². The van der Waals surface area contributed by atoms with E-state index < -0.39 is 0 Å². The van der Waals surface area contributed by atoms with Gasteiger partial charge in [-0.15, -0.1) is 0 Å². The lowest BCUT2D eigenvalue weighted by atomic mass is 10.1. The highest BCUT2D eigenvalue weighted by Gasteiger charge is 1.99. The van der Waals surface area contributed by atoms with Gasteiger partial charge in [-0.3, -0.25) is 0 Å². The largest absolute Gasteiger partial charge is 0.489 e. The van der Waals surface area contributed by atoms with Crippen LogP contribution in [0.15, 0.2) is 77.6 Å². The molecule has 0 amide bonds. The SMILES string of the molecule is c1ccc(-c2ccc(OCc3ccoc3)cc2)cc1. The minimum atomic E-state index is 0.529. The Hall–Kier alpha value is -2.48. The summed E-state index contributed by atoms with van der Waals surface area (Å²) in [7, 11) is 0. The van der Waals surface area contributed by atoms with E-state index in [0.29, 0.717) is 6.61 Å². The highest BCUT2D eigenvalue weighted by atomic mass is 16.5. The van der Waals surface area contributed by atoms with Gasteiger partial charge in [0.15, 0.2) is 0 Å².